The fourth-order valence-corrected chi connectivity index (χ4v) is 2.80. The average molecular weight is 305 g/mol. The molecule has 3 nitrogen and oxygen atoms in total. The van der Waals surface area contributed by atoms with Gasteiger partial charge in [-0.05, 0) is 55.3 Å². The van der Waals surface area contributed by atoms with Crippen molar-refractivity contribution in [1.82, 2.24) is 10.3 Å². The molecule has 21 heavy (non-hydrogen) atoms. The minimum atomic E-state index is -0.596. The second-order valence-corrected chi connectivity index (χ2v) is 5.80. The summed E-state index contributed by atoms with van der Waals surface area (Å²) in [5.74, 6) is -0.307. The highest BCUT2D eigenvalue weighted by molar-refractivity contribution is 6.29. The molecule has 1 atom stereocenters. The lowest BCUT2D eigenvalue weighted by molar-refractivity contribution is -0.123. The van der Waals surface area contributed by atoms with Gasteiger partial charge in [0, 0.05) is 12.1 Å². The summed E-state index contributed by atoms with van der Waals surface area (Å²) in [7, 11) is 0. The minimum Gasteiger partial charge on any atom is -0.355 e. The lowest BCUT2D eigenvalue weighted by Crippen LogP contribution is -2.32. The molecular formula is C16H14ClFN2O. The molecule has 1 aliphatic heterocycles. The first-order valence-electron chi connectivity index (χ1n) is 6.71. The second kappa shape index (κ2) is 5.11. The molecule has 2 aromatic rings. The third kappa shape index (κ3) is 2.51. The molecule has 1 amide bonds. The summed E-state index contributed by atoms with van der Waals surface area (Å²) in [5, 5.41) is 3.17. The van der Waals surface area contributed by atoms with Crippen LogP contribution < -0.4 is 5.32 Å². The summed E-state index contributed by atoms with van der Waals surface area (Å²) in [4.78, 5) is 16.3. The second-order valence-electron chi connectivity index (χ2n) is 5.41. The zero-order valence-corrected chi connectivity index (χ0v) is 12.2. The van der Waals surface area contributed by atoms with Gasteiger partial charge in [-0.25, -0.2) is 9.37 Å². The van der Waals surface area contributed by atoms with Crippen LogP contribution in [-0.2, 0) is 10.2 Å². The van der Waals surface area contributed by atoms with Gasteiger partial charge < -0.3 is 5.32 Å². The van der Waals surface area contributed by atoms with Crippen LogP contribution in [-0.4, -0.2) is 17.4 Å². The molecule has 0 unspecified atom stereocenters. The lowest BCUT2D eigenvalue weighted by Gasteiger charge is -2.21. The van der Waals surface area contributed by atoms with E-state index in [1.165, 1.54) is 12.1 Å². The van der Waals surface area contributed by atoms with Crippen molar-refractivity contribution >= 4 is 17.5 Å². The summed E-state index contributed by atoms with van der Waals surface area (Å²) < 4.78 is 13.0. The molecule has 1 aliphatic rings. The third-order valence-electron chi connectivity index (χ3n) is 3.98. The summed E-state index contributed by atoms with van der Waals surface area (Å²) in [6.45, 7) is 2.55. The van der Waals surface area contributed by atoms with Gasteiger partial charge in [0.2, 0.25) is 5.91 Å². The van der Waals surface area contributed by atoms with Crippen LogP contribution in [0.4, 0.5) is 4.39 Å². The zero-order chi connectivity index (χ0) is 15.0. The number of nitrogens with one attached hydrogen (secondary N) is 1. The van der Waals surface area contributed by atoms with Crippen LogP contribution in [0.5, 0.6) is 0 Å². The van der Waals surface area contributed by atoms with E-state index in [-0.39, 0.29) is 11.7 Å². The van der Waals surface area contributed by atoms with Crippen LogP contribution in [0.1, 0.15) is 18.9 Å². The third-order valence-corrected chi connectivity index (χ3v) is 4.18. The first-order valence-corrected chi connectivity index (χ1v) is 7.09. The van der Waals surface area contributed by atoms with Crippen LogP contribution >= 0.6 is 11.6 Å². The fourth-order valence-electron chi connectivity index (χ4n) is 2.59. The number of carbonyl (C=O) groups is 1. The van der Waals surface area contributed by atoms with Crippen molar-refractivity contribution in [1.29, 1.82) is 0 Å². The van der Waals surface area contributed by atoms with Crippen molar-refractivity contribution in [2.75, 3.05) is 6.54 Å². The number of nitrogens with zero attached hydrogens (tertiary/aromatic N) is 1. The van der Waals surface area contributed by atoms with Gasteiger partial charge in [0.1, 0.15) is 11.0 Å². The van der Waals surface area contributed by atoms with Gasteiger partial charge in [-0.3, -0.25) is 4.79 Å². The Morgan fingerprint density at radius 1 is 1.29 bits per heavy atom. The normalized spacial score (nSPS) is 21.4. The van der Waals surface area contributed by atoms with Crippen LogP contribution in [0.2, 0.25) is 5.15 Å². The molecule has 0 bridgehead atoms. The van der Waals surface area contributed by atoms with Gasteiger partial charge in [0.25, 0.3) is 0 Å². The van der Waals surface area contributed by atoms with E-state index in [1.807, 2.05) is 13.0 Å². The Morgan fingerprint density at radius 3 is 2.62 bits per heavy atom. The van der Waals surface area contributed by atoms with Gasteiger partial charge in [-0.2, -0.15) is 0 Å². The Bertz CT molecular complexity index is 702. The summed E-state index contributed by atoms with van der Waals surface area (Å²) >= 11 is 6.10. The molecule has 2 heterocycles. The Labute approximate surface area is 127 Å². The Morgan fingerprint density at radius 2 is 2.00 bits per heavy atom. The maximum absolute atomic E-state index is 13.0. The number of amides is 1. The van der Waals surface area contributed by atoms with Gasteiger partial charge in [0.05, 0.1) is 11.1 Å². The van der Waals surface area contributed by atoms with Crippen LogP contribution in [0.25, 0.3) is 11.3 Å². The topological polar surface area (TPSA) is 42.0 Å². The highest BCUT2D eigenvalue weighted by Gasteiger charge is 2.39. The molecule has 0 spiro atoms. The first-order chi connectivity index (χ1) is 9.99. The van der Waals surface area contributed by atoms with Crippen molar-refractivity contribution in [3.63, 3.8) is 0 Å². The molecule has 0 aliphatic carbocycles. The number of hydrogen-bond acceptors (Lipinski definition) is 2. The maximum Gasteiger partial charge on any atom is 0.230 e. The average Bonchev–Trinajstić information content (AvgIpc) is 2.80. The largest absolute Gasteiger partial charge is 0.355 e. The maximum atomic E-state index is 13.0. The predicted octanol–water partition coefficient (Wildman–Crippen LogP) is 3.32. The van der Waals surface area contributed by atoms with E-state index in [1.54, 1.807) is 18.2 Å². The highest BCUT2D eigenvalue weighted by atomic mass is 35.5. The molecule has 1 fully saturated rings. The Balaban J connectivity index is 2.08. The van der Waals surface area contributed by atoms with Gasteiger partial charge in [-0.1, -0.05) is 11.6 Å². The van der Waals surface area contributed by atoms with E-state index in [0.29, 0.717) is 17.4 Å². The van der Waals surface area contributed by atoms with Crippen molar-refractivity contribution in [2.45, 2.75) is 18.8 Å². The molecule has 3 rings (SSSR count). The molecule has 1 N–H and O–H groups in total. The van der Waals surface area contributed by atoms with Crippen LogP contribution in [0.3, 0.4) is 0 Å². The van der Waals surface area contributed by atoms with E-state index in [9.17, 15) is 9.18 Å². The van der Waals surface area contributed by atoms with Crippen molar-refractivity contribution in [3.05, 3.63) is 52.9 Å². The molecule has 1 aromatic carbocycles. The molecule has 0 radical (unpaired) electrons. The molecule has 108 valence electrons. The zero-order valence-electron chi connectivity index (χ0n) is 11.5. The van der Waals surface area contributed by atoms with E-state index < -0.39 is 5.41 Å². The van der Waals surface area contributed by atoms with Gasteiger partial charge >= 0.3 is 0 Å². The SMILES string of the molecule is C[C@]1(c2cc(Cl)nc(-c3ccc(F)cc3)c2)CCNC1=O. The highest BCUT2D eigenvalue weighted by Crippen LogP contribution is 2.34. The van der Waals surface area contributed by atoms with E-state index in [0.717, 1.165) is 17.5 Å². The first kappa shape index (κ1) is 14.0. The fraction of sp³-hybridized carbons (Fsp3) is 0.250. The number of rotatable bonds is 2. The van der Waals surface area contributed by atoms with Crippen molar-refractivity contribution in [2.24, 2.45) is 0 Å². The number of pyridine rings is 1. The molecule has 1 saturated heterocycles. The Kier molecular flexibility index (Phi) is 3.41. The van der Waals surface area contributed by atoms with E-state index >= 15 is 0 Å². The van der Waals surface area contributed by atoms with E-state index in [2.05, 4.69) is 10.3 Å². The molecule has 1 aromatic heterocycles. The molecule has 0 saturated carbocycles. The smallest absolute Gasteiger partial charge is 0.230 e. The monoisotopic (exact) mass is 304 g/mol. The summed E-state index contributed by atoms with van der Waals surface area (Å²) in [5.41, 5.74) is 1.64. The van der Waals surface area contributed by atoms with Crippen molar-refractivity contribution in [3.8, 4) is 11.3 Å². The quantitative estimate of drug-likeness (QED) is 0.865. The number of carbonyl (C=O) groups excluding carboxylic acids is 1. The molecular weight excluding hydrogens is 291 g/mol. The van der Waals surface area contributed by atoms with Gasteiger partial charge in [0.15, 0.2) is 0 Å². The number of hydrogen-bond donors (Lipinski definition) is 1. The minimum absolute atomic E-state index is 0.00479. The summed E-state index contributed by atoms with van der Waals surface area (Å²) in [6.07, 6.45) is 0.717. The van der Waals surface area contributed by atoms with Crippen LogP contribution in [0, 0.1) is 5.82 Å². The number of benzene rings is 1. The molecule has 5 heteroatoms. The van der Waals surface area contributed by atoms with Gasteiger partial charge in [-0.15, -0.1) is 0 Å². The van der Waals surface area contributed by atoms with E-state index in [4.69, 9.17) is 11.6 Å². The van der Waals surface area contributed by atoms with Crippen molar-refractivity contribution < 1.29 is 9.18 Å². The Hall–Kier alpha value is -1.94. The van der Waals surface area contributed by atoms with Crippen LogP contribution in [0.15, 0.2) is 36.4 Å². The number of halogens is 2. The lowest BCUT2D eigenvalue weighted by atomic mass is 9.81. The standard InChI is InChI=1S/C16H14ClFN2O/c1-16(6-7-19-15(16)21)11-8-13(20-14(17)9-11)10-2-4-12(18)5-3-10/h2-5,8-9H,6-7H2,1H3,(H,19,21)/t16-/m1/s1. The predicted molar refractivity (Wildman–Crippen MR) is 79.6 cm³/mol. The summed E-state index contributed by atoms with van der Waals surface area (Å²) in [6, 6.07) is 9.62. The number of aromatic nitrogens is 1.